The Labute approximate surface area is 130 Å². The fraction of sp³-hybridized carbons (Fsp3) is 0.333. The van der Waals surface area contributed by atoms with Crippen molar-refractivity contribution in [3.05, 3.63) is 54.3 Å². The third kappa shape index (κ3) is 2.88. The molecule has 0 radical (unpaired) electrons. The molecule has 1 unspecified atom stereocenters. The number of hydrogen-bond donors (Lipinski definition) is 1. The Morgan fingerprint density at radius 2 is 1.50 bits per heavy atom. The predicted molar refractivity (Wildman–Crippen MR) is 88.2 cm³/mol. The van der Waals surface area contributed by atoms with Crippen LogP contribution < -0.4 is 5.30 Å². The molecule has 0 saturated heterocycles. The minimum Gasteiger partial charge on any atom is -0.341 e. The van der Waals surface area contributed by atoms with Crippen LogP contribution in [-0.4, -0.2) is 10.6 Å². The maximum Gasteiger partial charge on any atom is 0.233 e. The lowest BCUT2D eigenvalue weighted by molar-refractivity contribution is 0.431. The Morgan fingerprint density at radius 1 is 0.909 bits per heavy atom. The summed E-state index contributed by atoms with van der Waals surface area (Å²) in [5, 5.41) is 0.395. The van der Waals surface area contributed by atoms with Crippen LogP contribution in [0.5, 0.6) is 0 Å². The largest absolute Gasteiger partial charge is 0.341 e. The molecule has 1 saturated carbocycles. The monoisotopic (exact) mass is 318 g/mol. The molecule has 2 aromatic rings. The first-order valence-corrected chi connectivity index (χ1v) is 9.50. The van der Waals surface area contributed by atoms with Gasteiger partial charge >= 0.3 is 0 Å². The van der Waals surface area contributed by atoms with Crippen molar-refractivity contribution in [2.24, 2.45) is 0 Å². The second kappa shape index (κ2) is 6.36. The summed E-state index contributed by atoms with van der Waals surface area (Å²) in [6, 6.07) is 13.4. The highest BCUT2D eigenvalue weighted by Crippen LogP contribution is 2.52. The van der Waals surface area contributed by atoms with Gasteiger partial charge < -0.3 is 4.89 Å². The van der Waals surface area contributed by atoms with Crippen molar-refractivity contribution in [1.82, 2.24) is 0 Å². The van der Waals surface area contributed by atoms with Gasteiger partial charge in [0.25, 0.3) is 0 Å². The van der Waals surface area contributed by atoms with Gasteiger partial charge in [-0.3, -0.25) is 4.57 Å². The molecule has 2 aromatic carbocycles. The van der Waals surface area contributed by atoms with Crippen molar-refractivity contribution < 1.29 is 13.8 Å². The third-order valence-electron chi connectivity index (χ3n) is 4.48. The topological polar surface area (TPSA) is 37.3 Å². The zero-order chi connectivity index (χ0) is 15.6. The van der Waals surface area contributed by atoms with Crippen molar-refractivity contribution in [2.75, 3.05) is 0 Å². The molecule has 0 bridgehead atoms. The van der Waals surface area contributed by atoms with Crippen molar-refractivity contribution >= 4 is 12.7 Å². The average molecular weight is 318 g/mol. The van der Waals surface area contributed by atoms with Gasteiger partial charge in [0, 0.05) is 16.5 Å². The molecule has 0 amide bonds. The molecular formula is C18H20FO2P. The van der Waals surface area contributed by atoms with E-state index in [-0.39, 0.29) is 11.5 Å². The Hall–Kier alpha value is -1.44. The Kier molecular flexibility index (Phi) is 4.46. The predicted octanol–water partition coefficient (Wildman–Crippen LogP) is 4.72. The third-order valence-corrected chi connectivity index (χ3v) is 7.07. The van der Waals surface area contributed by atoms with E-state index in [1.165, 1.54) is 6.07 Å². The molecule has 1 N–H and O–H groups in total. The van der Waals surface area contributed by atoms with Crippen molar-refractivity contribution in [3.8, 4) is 11.1 Å². The molecule has 116 valence electrons. The molecule has 0 heterocycles. The van der Waals surface area contributed by atoms with Gasteiger partial charge in [-0.2, -0.15) is 0 Å². The molecule has 1 aliphatic rings. The molecule has 1 aliphatic carbocycles. The van der Waals surface area contributed by atoms with Gasteiger partial charge in [-0.15, -0.1) is 0 Å². The van der Waals surface area contributed by atoms with E-state index in [0.717, 1.165) is 32.1 Å². The normalized spacial score (nSPS) is 18.8. The summed E-state index contributed by atoms with van der Waals surface area (Å²) in [5.74, 6) is -0.362. The highest BCUT2D eigenvalue weighted by atomic mass is 31.2. The van der Waals surface area contributed by atoms with E-state index in [9.17, 15) is 13.8 Å². The number of halogens is 1. The summed E-state index contributed by atoms with van der Waals surface area (Å²) in [5.41, 5.74) is 0.731. The van der Waals surface area contributed by atoms with Gasteiger partial charge in [0.2, 0.25) is 7.37 Å². The van der Waals surface area contributed by atoms with E-state index < -0.39 is 7.37 Å². The number of benzene rings is 2. The zero-order valence-corrected chi connectivity index (χ0v) is 13.3. The van der Waals surface area contributed by atoms with Crippen molar-refractivity contribution in [1.29, 1.82) is 0 Å². The van der Waals surface area contributed by atoms with E-state index in [1.54, 1.807) is 42.5 Å². The smallest absolute Gasteiger partial charge is 0.233 e. The van der Waals surface area contributed by atoms with Gasteiger partial charge in [-0.05, 0) is 30.5 Å². The van der Waals surface area contributed by atoms with E-state index >= 15 is 0 Å². The SMILES string of the molecule is O=P(O)(c1ccccc1-c1ccccc1F)C1CCCCC1. The standard InChI is InChI=1S/C18H20FO2P/c19-17-12-6-4-10-15(17)16-11-5-7-13-18(16)22(20,21)14-8-2-1-3-9-14/h4-7,10-14H,1-3,8-9H2,(H,20,21). The van der Waals surface area contributed by atoms with E-state index in [4.69, 9.17) is 0 Å². The first-order chi connectivity index (χ1) is 10.6. The van der Waals surface area contributed by atoms with Gasteiger partial charge in [0.1, 0.15) is 5.82 Å². The van der Waals surface area contributed by atoms with E-state index in [1.807, 2.05) is 0 Å². The van der Waals surface area contributed by atoms with Crippen LogP contribution >= 0.6 is 7.37 Å². The first-order valence-electron chi connectivity index (χ1n) is 7.77. The lowest BCUT2D eigenvalue weighted by Gasteiger charge is -2.28. The van der Waals surface area contributed by atoms with Crippen molar-refractivity contribution in [2.45, 2.75) is 37.8 Å². The average Bonchev–Trinajstić information content (AvgIpc) is 2.56. The highest BCUT2D eigenvalue weighted by molar-refractivity contribution is 7.67. The fourth-order valence-corrected chi connectivity index (χ4v) is 5.59. The molecule has 0 aliphatic heterocycles. The molecule has 4 heteroatoms. The Bertz CT molecular complexity index is 708. The summed E-state index contributed by atoms with van der Waals surface area (Å²) in [6.07, 6.45) is 4.68. The molecule has 1 fully saturated rings. The first kappa shape index (κ1) is 15.5. The molecule has 0 spiro atoms. The lowest BCUT2D eigenvalue weighted by Crippen LogP contribution is -2.21. The van der Waals surface area contributed by atoms with Crippen LogP contribution in [0.25, 0.3) is 11.1 Å². The minimum atomic E-state index is -3.51. The lowest BCUT2D eigenvalue weighted by atomic mass is 10.0. The molecule has 3 rings (SSSR count). The summed E-state index contributed by atoms with van der Waals surface area (Å²) in [7, 11) is -3.51. The van der Waals surface area contributed by atoms with Crippen molar-refractivity contribution in [3.63, 3.8) is 0 Å². The quantitative estimate of drug-likeness (QED) is 0.831. The fourth-order valence-electron chi connectivity index (χ4n) is 3.29. The summed E-state index contributed by atoms with van der Waals surface area (Å²) in [4.78, 5) is 10.8. The second-order valence-corrected chi connectivity index (χ2v) is 8.37. The summed E-state index contributed by atoms with van der Waals surface area (Å²) >= 11 is 0. The summed E-state index contributed by atoms with van der Waals surface area (Å²) in [6.45, 7) is 0. The number of hydrogen-bond acceptors (Lipinski definition) is 1. The number of rotatable bonds is 3. The van der Waals surface area contributed by atoms with Gasteiger partial charge in [0.05, 0.1) is 0 Å². The van der Waals surface area contributed by atoms with E-state index in [0.29, 0.717) is 16.4 Å². The van der Waals surface area contributed by atoms with Crippen LogP contribution in [0.4, 0.5) is 4.39 Å². The molecule has 2 nitrogen and oxygen atoms in total. The van der Waals surface area contributed by atoms with E-state index in [2.05, 4.69) is 0 Å². The van der Waals surface area contributed by atoms with Crippen LogP contribution in [0.2, 0.25) is 0 Å². The van der Waals surface area contributed by atoms with Crippen LogP contribution in [0.3, 0.4) is 0 Å². The maximum atomic E-state index is 14.1. The highest BCUT2D eigenvalue weighted by Gasteiger charge is 2.35. The minimum absolute atomic E-state index is 0.200. The van der Waals surface area contributed by atoms with Crippen LogP contribution in [-0.2, 0) is 4.57 Å². The zero-order valence-electron chi connectivity index (χ0n) is 12.4. The summed E-state index contributed by atoms with van der Waals surface area (Å²) < 4.78 is 27.2. The van der Waals surface area contributed by atoms with Gasteiger partial charge in [-0.1, -0.05) is 55.7 Å². The Balaban J connectivity index is 2.08. The second-order valence-electron chi connectivity index (χ2n) is 5.91. The van der Waals surface area contributed by atoms with Gasteiger partial charge in [-0.25, -0.2) is 4.39 Å². The molecule has 1 atom stereocenters. The Morgan fingerprint density at radius 3 is 2.18 bits per heavy atom. The molecule has 22 heavy (non-hydrogen) atoms. The van der Waals surface area contributed by atoms with Crippen LogP contribution in [0.1, 0.15) is 32.1 Å². The molecular weight excluding hydrogens is 298 g/mol. The van der Waals surface area contributed by atoms with Gasteiger partial charge in [0.15, 0.2) is 0 Å². The maximum absolute atomic E-state index is 14.1. The molecule has 0 aromatic heterocycles. The van der Waals surface area contributed by atoms with Crippen LogP contribution in [0.15, 0.2) is 48.5 Å². The van der Waals surface area contributed by atoms with Crippen LogP contribution in [0, 0.1) is 5.82 Å².